The minimum absolute atomic E-state index is 0.148. The predicted octanol–water partition coefficient (Wildman–Crippen LogP) is 4.49. The van der Waals surface area contributed by atoms with Gasteiger partial charge in [0, 0.05) is 10.7 Å². The number of rotatable bonds is 7. The fourth-order valence-corrected chi connectivity index (χ4v) is 4.11. The van der Waals surface area contributed by atoms with Gasteiger partial charge in [0.25, 0.3) is 5.91 Å². The summed E-state index contributed by atoms with van der Waals surface area (Å²) in [6, 6.07) is 12.3. The summed E-state index contributed by atoms with van der Waals surface area (Å²) in [6.07, 6.45) is 0. The van der Waals surface area contributed by atoms with Crippen LogP contribution in [0.1, 0.15) is 15.9 Å². The van der Waals surface area contributed by atoms with Crippen molar-refractivity contribution in [3.63, 3.8) is 0 Å². The topological polar surface area (TPSA) is 93.2 Å². The molecule has 0 bridgehead atoms. The average molecular weight is 449 g/mol. The number of nitrogens with one attached hydrogen (secondary N) is 2. The molecule has 29 heavy (non-hydrogen) atoms. The number of benzene rings is 2. The SMILES string of the molecule is COc1ccc(Cl)cc1C(=O)Nc1nnc(SCC(=O)Nc2cccc(C)c2)s1. The maximum Gasteiger partial charge on any atom is 0.261 e. The molecule has 0 atom stereocenters. The summed E-state index contributed by atoms with van der Waals surface area (Å²) in [7, 11) is 1.47. The number of ether oxygens (including phenoxy) is 1. The van der Waals surface area contributed by atoms with Crippen molar-refractivity contribution in [2.75, 3.05) is 23.5 Å². The van der Waals surface area contributed by atoms with E-state index in [2.05, 4.69) is 20.8 Å². The largest absolute Gasteiger partial charge is 0.496 e. The molecule has 0 aliphatic rings. The van der Waals surface area contributed by atoms with Crippen molar-refractivity contribution in [1.29, 1.82) is 0 Å². The van der Waals surface area contributed by atoms with Crippen LogP contribution in [0.15, 0.2) is 46.8 Å². The second-order valence-electron chi connectivity index (χ2n) is 5.88. The van der Waals surface area contributed by atoms with Gasteiger partial charge in [-0.15, -0.1) is 10.2 Å². The Morgan fingerprint density at radius 1 is 1.17 bits per heavy atom. The summed E-state index contributed by atoms with van der Waals surface area (Å²) < 4.78 is 5.75. The first-order valence-corrected chi connectivity index (χ1v) is 10.6. The number of carbonyl (C=O) groups is 2. The Kier molecular flexibility index (Phi) is 7.08. The Bertz CT molecular complexity index is 1040. The number of aryl methyl sites for hydroxylation is 1. The predicted molar refractivity (Wildman–Crippen MR) is 116 cm³/mol. The number of amides is 2. The van der Waals surface area contributed by atoms with E-state index in [9.17, 15) is 9.59 Å². The molecule has 0 aliphatic heterocycles. The third kappa shape index (κ3) is 5.93. The molecule has 10 heteroatoms. The van der Waals surface area contributed by atoms with Crippen molar-refractivity contribution >= 4 is 57.3 Å². The monoisotopic (exact) mass is 448 g/mol. The Labute approximate surface area is 180 Å². The van der Waals surface area contributed by atoms with Crippen molar-refractivity contribution in [3.8, 4) is 5.75 Å². The first kappa shape index (κ1) is 21.1. The van der Waals surface area contributed by atoms with Crippen LogP contribution in [0.25, 0.3) is 0 Å². The zero-order valence-corrected chi connectivity index (χ0v) is 18.0. The van der Waals surface area contributed by atoms with E-state index in [1.165, 1.54) is 36.3 Å². The van der Waals surface area contributed by atoms with Crippen molar-refractivity contribution in [2.45, 2.75) is 11.3 Å². The van der Waals surface area contributed by atoms with Crippen molar-refractivity contribution in [3.05, 3.63) is 58.6 Å². The summed E-state index contributed by atoms with van der Waals surface area (Å²) in [4.78, 5) is 24.6. The first-order valence-electron chi connectivity index (χ1n) is 8.42. The normalized spacial score (nSPS) is 10.4. The van der Waals surface area contributed by atoms with Crippen LogP contribution >= 0.6 is 34.7 Å². The molecule has 0 saturated heterocycles. The third-order valence-corrected chi connectivity index (χ3v) is 5.87. The van der Waals surface area contributed by atoms with Crippen molar-refractivity contribution < 1.29 is 14.3 Å². The smallest absolute Gasteiger partial charge is 0.261 e. The number of methoxy groups -OCH3 is 1. The highest BCUT2D eigenvalue weighted by molar-refractivity contribution is 8.01. The van der Waals surface area contributed by atoms with Crippen LogP contribution in [0.2, 0.25) is 5.02 Å². The van der Waals surface area contributed by atoms with Crippen LogP contribution in [0.3, 0.4) is 0 Å². The molecular formula is C19H17ClN4O3S2. The molecule has 2 aromatic carbocycles. The highest BCUT2D eigenvalue weighted by Crippen LogP contribution is 2.28. The van der Waals surface area contributed by atoms with Crippen LogP contribution in [0.5, 0.6) is 5.75 Å². The Morgan fingerprint density at radius 2 is 2.00 bits per heavy atom. The van der Waals surface area contributed by atoms with Crippen LogP contribution in [0, 0.1) is 6.92 Å². The first-order chi connectivity index (χ1) is 13.9. The van der Waals surface area contributed by atoms with Gasteiger partial charge in [0.2, 0.25) is 11.0 Å². The summed E-state index contributed by atoms with van der Waals surface area (Å²) in [6.45, 7) is 1.96. The summed E-state index contributed by atoms with van der Waals surface area (Å²) in [5, 5.41) is 14.2. The van der Waals surface area contributed by atoms with Gasteiger partial charge in [-0.05, 0) is 42.8 Å². The number of hydrogen-bond donors (Lipinski definition) is 2. The minimum atomic E-state index is -0.408. The van der Waals surface area contributed by atoms with Gasteiger partial charge in [0.05, 0.1) is 18.4 Å². The highest BCUT2D eigenvalue weighted by atomic mass is 35.5. The van der Waals surface area contributed by atoms with Crippen molar-refractivity contribution in [2.24, 2.45) is 0 Å². The highest BCUT2D eigenvalue weighted by Gasteiger charge is 2.16. The molecule has 1 heterocycles. The molecule has 0 radical (unpaired) electrons. The molecule has 0 fully saturated rings. The lowest BCUT2D eigenvalue weighted by Crippen LogP contribution is -2.13. The Hall–Kier alpha value is -2.62. The van der Waals surface area contributed by atoms with Gasteiger partial charge < -0.3 is 10.1 Å². The van der Waals surface area contributed by atoms with Gasteiger partial charge in [0.1, 0.15) is 5.75 Å². The number of nitrogens with zero attached hydrogens (tertiary/aromatic N) is 2. The number of aromatic nitrogens is 2. The fourth-order valence-electron chi connectivity index (χ4n) is 2.39. The summed E-state index contributed by atoms with van der Waals surface area (Å²) >= 11 is 8.38. The lowest BCUT2D eigenvalue weighted by Gasteiger charge is -2.07. The van der Waals surface area contributed by atoms with Gasteiger partial charge in [-0.2, -0.15) is 0 Å². The van der Waals surface area contributed by atoms with Crippen LogP contribution in [-0.2, 0) is 4.79 Å². The number of carbonyl (C=O) groups excluding carboxylic acids is 2. The average Bonchev–Trinajstić information content (AvgIpc) is 3.13. The van der Waals surface area contributed by atoms with E-state index >= 15 is 0 Å². The minimum Gasteiger partial charge on any atom is -0.496 e. The Morgan fingerprint density at radius 3 is 2.76 bits per heavy atom. The van der Waals surface area contributed by atoms with Gasteiger partial charge in [-0.1, -0.05) is 46.8 Å². The van der Waals surface area contributed by atoms with Crippen LogP contribution in [0.4, 0.5) is 10.8 Å². The Balaban J connectivity index is 1.56. The number of halogens is 1. The quantitative estimate of drug-likeness (QED) is 0.408. The number of thioether (sulfide) groups is 1. The fraction of sp³-hybridized carbons (Fsp3) is 0.158. The number of anilines is 2. The molecule has 2 amide bonds. The third-order valence-electron chi connectivity index (χ3n) is 3.66. The molecule has 1 aromatic heterocycles. The molecule has 0 saturated carbocycles. The van der Waals surface area contributed by atoms with E-state index in [0.29, 0.717) is 25.8 Å². The van der Waals surface area contributed by atoms with E-state index in [0.717, 1.165) is 11.3 Å². The maximum atomic E-state index is 12.5. The molecule has 3 rings (SSSR count). The second kappa shape index (κ2) is 9.73. The van der Waals surface area contributed by atoms with E-state index in [1.54, 1.807) is 12.1 Å². The molecule has 7 nitrogen and oxygen atoms in total. The van der Waals surface area contributed by atoms with E-state index in [4.69, 9.17) is 16.3 Å². The van der Waals surface area contributed by atoms with Crippen LogP contribution in [-0.4, -0.2) is 34.9 Å². The van der Waals surface area contributed by atoms with Gasteiger partial charge in [0.15, 0.2) is 4.34 Å². The standard InChI is InChI=1S/C19H17ClN4O3S2/c1-11-4-3-5-13(8-11)21-16(25)10-28-19-24-23-18(29-19)22-17(26)14-9-12(20)6-7-15(14)27-2/h3-9H,10H2,1-2H3,(H,21,25)(H,22,23,26). The zero-order valence-electron chi connectivity index (χ0n) is 15.6. The zero-order chi connectivity index (χ0) is 20.8. The van der Waals surface area contributed by atoms with E-state index in [1.807, 2.05) is 31.2 Å². The molecule has 2 N–H and O–H groups in total. The van der Waals surface area contributed by atoms with Gasteiger partial charge in [-0.25, -0.2) is 0 Å². The van der Waals surface area contributed by atoms with E-state index < -0.39 is 5.91 Å². The summed E-state index contributed by atoms with van der Waals surface area (Å²) in [5.74, 6) is 0.0247. The van der Waals surface area contributed by atoms with Gasteiger partial charge in [-0.3, -0.25) is 14.9 Å². The van der Waals surface area contributed by atoms with Crippen molar-refractivity contribution in [1.82, 2.24) is 10.2 Å². The van der Waals surface area contributed by atoms with Crippen LogP contribution < -0.4 is 15.4 Å². The van der Waals surface area contributed by atoms with Gasteiger partial charge >= 0.3 is 0 Å². The van der Waals surface area contributed by atoms with E-state index in [-0.39, 0.29) is 11.7 Å². The molecule has 3 aromatic rings. The lowest BCUT2D eigenvalue weighted by atomic mass is 10.2. The molecule has 150 valence electrons. The lowest BCUT2D eigenvalue weighted by molar-refractivity contribution is -0.113. The second-order valence-corrected chi connectivity index (χ2v) is 8.51. The molecule has 0 spiro atoms. The maximum absolute atomic E-state index is 12.5. The molecule has 0 unspecified atom stereocenters. The molecule has 0 aliphatic carbocycles. The summed E-state index contributed by atoms with van der Waals surface area (Å²) in [5.41, 5.74) is 2.11. The molecular weight excluding hydrogens is 432 g/mol. The number of hydrogen-bond acceptors (Lipinski definition) is 7.